The Morgan fingerprint density at radius 2 is 1.89 bits per heavy atom. The van der Waals surface area contributed by atoms with Crippen molar-refractivity contribution in [1.29, 1.82) is 0 Å². The number of piperazine rings is 1. The zero-order chi connectivity index (χ0) is 13.3. The van der Waals surface area contributed by atoms with Gasteiger partial charge in [-0.05, 0) is 44.6 Å². The minimum absolute atomic E-state index is 0.0945. The lowest BCUT2D eigenvalue weighted by Crippen LogP contribution is -2.54. The Labute approximate surface area is 111 Å². The largest absolute Gasteiger partial charge is 0.323 e. The Morgan fingerprint density at radius 1 is 1.17 bits per heavy atom. The van der Waals surface area contributed by atoms with Crippen LogP contribution in [0, 0.1) is 13.8 Å². The summed E-state index contributed by atoms with van der Waals surface area (Å²) in [4.78, 5) is 4.76. The number of rotatable bonds is 2. The van der Waals surface area contributed by atoms with Crippen LogP contribution in [0.2, 0.25) is 0 Å². The van der Waals surface area contributed by atoms with E-state index >= 15 is 0 Å². The summed E-state index contributed by atoms with van der Waals surface area (Å²) in [5.74, 6) is 0. The quantitative estimate of drug-likeness (QED) is 0.860. The van der Waals surface area contributed by atoms with Crippen molar-refractivity contribution in [3.8, 4) is 0 Å². The van der Waals surface area contributed by atoms with Crippen molar-refractivity contribution in [2.75, 3.05) is 33.7 Å². The van der Waals surface area contributed by atoms with Crippen LogP contribution < -0.4 is 5.73 Å². The summed E-state index contributed by atoms with van der Waals surface area (Å²) in [7, 11) is 4.35. The first-order valence-electron chi connectivity index (χ1n) is 6.70. The van der Waals surface area contributed by atoms with Crippen LogP contribution in [-0.2, 0) is 0 Å². The van der Waals surface area contributed by atoms with E-state index in [1.54, 1.807) is 0 Å². The van der Waals surface area contributed by atoms with Crippen molar-refractivity contribution in [1.82, 2.24) is 9.80 Å². The normalized spacial score (nSPS) is 24.2. The maximum Gasteiger partial charge on any atom is 0.0465 e. The van der Waals surface area contributed by atoms with Crippen LogP contribution in [0.5, 0.6) is 0 Å². The Bertz CT molecular complexity index is 416. The first-order valence-corrected chi connectivity index (χ1v) is 6.70. The molecule has 1 aliphatic rings. The van der Waals surface area contributed by atoms with Gasteiger partial charge in [-0.3, -0.25) is 4.90 Å². The van der Waals surface area contributed by atoms with E-state index in [9.17, 15) is 0 Å². The number of hydrogen-bond acceptors (Lipinski definition) is 3. The molecule has 18 heavy (non-hydrogen) atoms. The number of likely N-dealkylation sites (N-methyl/N-ethyl adjacent to an activating group) is 2. The predicted molar refractivity (Wildman–Crippen MR) is 76.8 cm³/mol. The first-order chi connectivity index (χ1) is 8.49. The second kappa shape index (κ2) is 5.39. The fourth-order valence-electron chi connectivity index (χ4n) is 2.63. The van der Waals surface area contributed by atoms with Crippen LogP contribution in [0.3, 0.4) is 0 Å². The summed E-state index contributed by atoms with van der Waals surface area (Å²) >= 11 is 0. The Kier molecular flexibility index (Phi) is 4.05. The highest BCUT2D eigenvalue weighted by atomic mass is 15.3. The van der Waals surface area contributed by atoms with Gasteiger partial charge in [0.25, 0.3) is 0 Å². The molecule has 0 aromatic heterocycles. The topological polar surface area (TPSA) is 32.5 Å². The van der Waals surface area contributed by atoms with Crippen LogP contribution in [0.25, 0.3) is 0 Å². The van der Waals surface area contributed by atoms with E-state index in [0.717, 1.165) is 19.6 Å². The molecule has 0 spiro atoms. The maximum atomic E-state index is 6.47. The Morgan fingerprint density at radius 3 is 2.56 bits per heavy atom. The van der Waals surface area contributed by atoms with E-state index in [1.165, 1.54) is 16.7 Å². The molecule has 2 rings (SSSR count). The van der Waals surface area contributed by atoms with Gasteiger partial charge in [-0.25, -0.2) is 0 Å². The van der Waals surface area contributed by atoms with E-state index in [4.69, 9.17) is 5.73 Å². The monoisotopic (exact) mass is 247 g/mol. The third kappa shape index (κ3) is 2.74. The molecule has 0 bridgehead atoms. The average Bonchev–Trinajstić information content (AvgIpc) is 2.35. The molecule has 1 fully saturated rings. The lowest BCUT2D eigenvalue weighted by atomic mass is 9.94. The zero-order valence-corrected chi connectivity index (χ0v) is 12.0. The van der Waals surface area contributed by atoms with Gasteiger partial charge in [0.1, 0.15) is 0 Å². The van der Waals surface area contributed by atoms with Crippen molar-refractivity contribution >= 4 is 0 Å². The van der Waals surface area contributed by atoms with E-state index in [-0.39, 0.29) is 6.04 Å². The summed E-state index contributed by atoms with van der Waals surface area (Å²) in [6.07, 6.45) is 0. The molecule has 3 nitrogen and oxygen atoms in total. The molecule has 100 valence electrons. The second-order valence-corrected chi connectivity index (χ2v) is 5.68. The molecule has 2 N–H and O–H groups in total. The van der Waals surface area contributed by atoms with Gasteiger partial charge in [-0.15, -0.1) is 0 Å². The fraction of sp³-hybridized carbons (Fsp3) is 0.600. The van der Waals surface area contributed by atoms with Crippen LogP contribution in [0.15, 0.2) is 18.2 Å². The standard InChI is InChI=1S/C15H25N3/c1-11-5-6-13(9-12(11)2)15(16)14-10-17(3)7-8-18(14)4/h5-6,9,14-15H,7-8,10,16H2,1-4H3. The molecule has 1 saturated heterocycles. The van der Waals surface area contributed by atoms with Gasteiger partial charge in [0.05, 0.1) is 0 Å². The Balaban J connectivity index is 2.18. The van der Waals surface area contributed by atoms with Crippen molar-refractivity contribution in [3.05, 3.63) is 34.9 Å². The molecule has 1 heterocycles. The summed E-state index contributed by atoms with van der Waals surface area (Å²) in [5.41, 5.74) is 10.4. The minimum Gasteiger partial charge on any atom is -0.323 e. The summed E-state index contributed by atoms with van der Waals surface area (Å²) in [6.45, 7) is 7.57. The maximum absolute atomic E-state index is 6.47. The second-order valence-electron chi connectivity index (χ2n) is 5.68. The van der Waals surface area contributed by atoms with Crippen LogP contribution >= 0.6 is 0 Å². The van der Waals surface area contributed by atoms with Gasteiger partial charge in [0, 0.05) is 31.7 Å². The van der Waals surface area contributed by atoms with E-state index in [1.807, 2.05) is 0 Å². The van der Waals surface area contributed by atoms with Crippen molar-refractivity contribution < 1.29 is 0 Å². The van der Waals surface area contributed by atoms with Gasteiger partial charge in [-0.2, -0.15) is 0 Å². The molecule has 1 aromatic carbocycles. The van der Waals surface area contributed by atoms with Crippen LogP contribution in [0.1, 0.15) is 22.7 Å². The highest BCUT2D eigenvalue weighted by molar-refractivity contribution is 5.32. The van der Waals surface area contributed by atoms with Crippen molar-refractivity contribution in [2.24, 2.45) is 5.73 Å². The Hall–Kier alpha value is -0.900. The summed E-state index contributed by atoms with van der Waals surface area (Å²) in [6, 6.07) is 7.09. The summed E-state index contributed by atoms with van der Waals surface area (Å²) < 4.78 is 0. The van der Waals surface area contributed by atoms with Crippen molar-refractivity contribution in [2.45, 2.75) is 25.9 Å². The molecule has 2 unspecified atom stereocenters. The number of nitrogens with two attached hydrogens (primary N) is 1. The van der Waals surface area contributed by atoms with Gasteiger partial charge in [-0.1, -0.05) is 18.2 Å². The SMILES string of the molecule is Cc1ccc(C(N)C2CN(C)CCN2C)cc1C. The smallest absolute Gasteiger partial charge is 0.0465 e. The third-order valence-corrected chi connectivity index (χ3v) is 4.23. The first kappa shape index (κ1) is 13.5. The molecular formula is C15H25N3. The number of hydrogen-bond donors (Lipinski definition) is 1. The predicted octanol–water partition coefficient (Wildman–Crippen LogP) is 1.55. The molecule has 1 aliphatic heterocycles. The number of benzene rings is 1. The fourth-order valence-corrected chi connectivity index (χ4v) is 2.63. The molecule has 0 saturated carbocycles. The van der Waals surface area contributed by atoms with E-state index < -0.39 is 0 Å². The van der Waals surface area contributed by atoms with Gasteiger partial charge < -0.3 is 10.6 Å². The highest BCUT2D eigenvalue weighted by Gasteiger charge is 2.28. The van der Waals surface area contributed by atoms with E-state index in [0.29, 0.717) is 6.04 Å². The van der Waals surface area contributed by atoms with Gasteiger partial charge >= 0.3 is 0 Å². The van der Waals surface area contributed by atoms with E-state index in [2.05, 4.69) is 55.9 Å². The van der Waals surface area contributed by atoms with Crippen LogP contribution in [-0.4, -0.2) is 49.6 Å². The van der Waals surface area contributed by atoms with Crippen LogP contribution in [0.4, 0.5) is 0 Å². The molecule has 2 atom stereocenters. The van der Waals surface area contributed by atoms with Crippen molar-refractivity contribution in [3.63, 3.8) is 0 Å². The van der Waals surface area contributed by atoms with Gasteiger partial charge in [0.2, 0.25) is 0 Å². The molecular weight excluding hydrogens is 222 g/mol. The molecule has 1 aromatic rings. The number of aryl methyl sites for hydroxylation is 2. The summed E-state index contributed by atoms with van der Waals surface area (Å²) in [5, 5.41) is 0. The highest BCUT2D eigenvalue weighted by Crippen LogP contribution is 2.22. The van der Waals surface area contributed by atoms with Gasteiger partial charge in [0.15, 0.2) is 0 Å². The third-order valence-electron chi connectivity index (χ3n) is 4.23. The minimum atomic E-state index is 0.0945. The molecule has 0 aliphatic carbocycles. The molecule has 0 amide bonds. The molecule has 0 radical (unpaired) electrons. The average molecular weight is 247 g/mol. The molecule has 3 heteroatoms. The lowest BCUT2D eigenvalue weighted by Gasteiger charge is -2.40. The zero-order valence-electron chi connectivity index (χ0n) is 12.0. The lowest BCUT2D eigenvalue weighted by molar-refractivity contribution is 0.0974. The number of nitrogens with zero attached hydrogens (tertiary/aromatic N) is 2.